The number of likely N-dealkylation sites (tertiary alicyclic amines) is 1. The molecule has 0 aromatic carbocycles. The Morgan fingerprint density at radius 3 is 3.00 bits per heavy atom. The molecule has 0 radical (unpaired) electrons. The monoisotopic (exact) mass is 221 g/mol. The topological polar surface area (TPSA) is 67.1 Å². The summed E-state index contributed by atoms with van der Waals surface area (Å²) in [7, 11) is 2.16. The van der Waals surface area contributed by atoms with Gasteiger partial charge in [-0.3, -0.25) is 0 Å². The number of nitrogens with one attached hydrogen (secondary N) is 1. The van der Waals surface area contributed by atoms with Crippen LogP contribution in [0, 0.1) is 5.92 Å². The summed E-state index contributed by atoms with van der Waals surface area (Å²) in [5.41, 5.74) is 5.62. The highest BCUT2D eigenvalue weighted by Crippen LogP contribution is 2.19. The highest BCUT2D eigenvalue weighted by atomic mass is 15.1. The maximum absolute atomic E-state index is 5.62. The van der Waals surface area contributed by atoms with Gasteiger partial charge in [-0.1, -0.05) is 6.92 Å². The average molecular weight is 221 g/mol. The molecule has 0 saturated carbocycles. The second-order valence-corrected chi connectivity index (χ2v) is 4.61. The fraction of sp³-hybridized carbons (Fsp3) is 0.636. The van der Waals surface area contributed by atoms with Crippen molar-refractivity contribution >= 4 is 11.6 Å². The third kappa shape index (κ3) is 2.61. The molecule has 16 heavy (non-hydrogen) atoms. The van der Waals surface area contributed by atoms with Crippen LogP contribution in [-0.2, 0) is 0 Å². The minimum absolute atomic E-state index is 0.477. The number of hydrogen-bond donors (Lipinski definition) is 2. The molecule has 2 rings (SSSR count). The first-order valence-corrected chi connectivity index (χ1v) is 5.68. The lowest BCUT2D eigenvalue weighted by Gasteiger charge is -2.35. The number of nitrogens with zero attached hydrogens (tertiary/aromatic N) is 3. The molecule has 1 aromatic rings. The molecule has 1 aromatic heterocycles. The van der Waals surface area contributed by atoms with Gasteiger partial charge in [0.05, 0.1) is 0 Å². The van der Waals surface area contributed by atoms with Crippen LogP contribution in [0.25, 0.3) is 0 Å². The van der Waals surface area contributed by atoms with Gasteiger partial charge in [-0.2, -0.15) is 0 Å². The highest BCUT2D eigenvalue weighted by Gasteiger charge is 2.24. The van der Waals surface area contributed by atoms with Crippen LogP contribution < -0.4 is 11.1 Å². The largest absolute Gasteiger partial charge is 0.384 e. The van der Waals surface area contributed by atoms with Crippen molar-refractivity contribution in [2.45, 2.75) is 19.4 Å². The van der Waals surface area contributed by atoms with E-state index in [0.29, 0.717) is 17.8 Å². The number of anilines is 2. The third-order valence-corrected chi connectivity index (χ3v) is 3.13. The molecule has 0 spiro atoms. The summed E-state index contributed by atoms with van der Waals surface area (Å²) in [5.74, 6) is 1.96. The molecular formula is C11H19N5. The normalized spacial score (nSPS) is 26.6. The summed E-state index contributed by atoms with van der Waals surface area (Å²) >= 11 is 0. The fourth-order valence-corrected chi connectivity index (χ4v) is 2.21. The quantitative estimate of drug-likeness (QED) is 0.773. The molecule has 1 aliphatic heterocycles. The summed E-state index contributed by atoms with van der Waals surface area (Å²) < 4.78 is 0. The summed E-state index contributed by atoms with van der Waals surface area (Å²) in [6.07, 6.45) is 2.64. The molecule has 5 nitrogen and oxygen atoms in total. The minimum Gasteiger partial charge on any atom is -0.384 e. The van der Waals surface area contributed by atoms with E-state index in [1.165, 1.54) is 6.33 Å². The number of hydrogen-bond acceptors (Lipinski definition) is 5. The van der Waals surface area contributed by atoms with E-state index in [4.69, 9.17) is 5.73 Å². The molecule has 5 heteroatoms. The van der Waals surface area contributed by atoms with Gasteiger partial charge < -0.3 is 16.0 Å². The van der Waals surface area contributed by atoms with Crippen molar-refractivity contribution in [2.75, 3.05) is 31.2 Å². The van der Waals surface area contributed by atoms with Gasteiger partial charge in [0.1, 0.15) is 18.0 Å². The Hall–Kier alpha value is -1.36. The van der Waals surface area contributed by atoms with E-state index in [-0.39, 0.29) is 0 Å². The Labute approximate surface area is 96.1 Å². The molecule has 1 aliphatic rings. The van der Waals surface area contributed by atoms with Crippen LogP contribution in [0.4, 0.5) is 11.6 Å². The third-order valence-electron chi connectivity index (χ3n) is 3.13. The van der Waals surface area contributed by atoms with Gasteiger partial charge >= 0.3 is 0 Å². The Morgan fingerprint density at radius 2 is 2.31 bits per heavy atom. The first-order valence-electron chi connectivity index (χ1n) is 5.68. The van der Waals surface area contributed by atoms with Gasteiger partial charge in [0.2, 0.25) is 0 Å². The van der Waals surface area contributed by atoms with Crippen molar-refractivity contribution in [3.05, 3.63) is 12.4 Å². The van der Waals surface area contributed by atoms with Gasteiger partial charge in [-0.15, -0.1) is 0 Å². The molecule has 2 unspecified atom stereocenters. The Morgan fingerprint density at radius 1 is 1.50 bits per heavy atom. The predicted octanol–water partition coefficient (Wildman–Crippen LogP) is 0.811. The smallest absolute Gasteiger partial charge is 0.131 e. The number of nitrogen functional groups attached to an aromatic ring is 1. The van der Waals surface area contributed by atoms with Gasteiger partial charge in [0, 0.05) is 18.7 Å². The molecule has 0 aliphatic carbocycles. The molecule has 2 heterocycles. The zero-order valence-electron chi connectivity index (χ0n) is 9.85. The molecule has 3 N–H and O–H groups in total. The number of nitrogens with two attached hydrogens (primary N) is 1. The maximum Gasteiger partial charge on any atom is 0.131 e. The predicted molar refractivity (Wildman–Crippen MR) is 65.1 cm³/mol. The lowest BCUT2D eigenvalue weighted by molar-refractivity contribution is 0.206. The summed E-state index contributed by atoms with van der Waals surface area (Å²) in [4.78, 5) is 10.4. The molecular weight excluding hydrogens is 202 g/mol. The number of aromatic nitrogens is 2. The van der Waals surface area contributed by atoms with Crippen molar-refractivity contribution in [1.29, 1.82) is 0 Å². The molecule has 1 fully saturated rings. The van der Waals surface area contributed by atoms with E-state index in [0.717, 1.165) is 25.3 Å². The number of rotatable bonds is 2. The van der Waals surface area contributed by atoms with Gasteiger partial charge in [-0.25, -0.2) is 9.97 Å². The van der Waals surface area contributed by atoms with Crippen LogP contribution in [0.2, 0.25) is 0 Å². The molecule has 1 saturated heterocycles. The van der Waals surface area contributed by atoms with Crippen LogP contribution in [0.1, 0.15) is 13.3 Å². The lowest BCUT2D eigenvalue weighted by atomic mass is 9.94. The van der Waals surface area contributed by atoms with Crippen molar-refractivity contribution < 1.29 is 0 Å². The maximum atomic E-state index is 5.62. The Bertz CT molecular complexity index is 354. The van der Waals surface area contributed by atoms with Crippen molar-refractivity contribution in [2.24, 2.45) is 5.92 Å². The van der Waals surface area contributed by atoms with E-state index in [1.807, 2.05) is 0 Å². The fourth-order valence-electron chi connectivity index (χ4n) is 2.21. The zero-order valence-corrected chi connectivity index (χ0v) is 9.85. The van der Waals surface area contributed by atoms with Gasteiger partial charge in [0.15, 0.2) is 0 Å². The SMILES string of the molecule is CC1CN(C)CCC1Nc1cc(N)ncn1. The first kappa shape index (κ1) is 11.1. The second-order valence-electron chi connectivity index (χ2n) is 4.61. The Balaban J connectivity index is 1.99. The van der Waals surface area contributed by atoms with Crippen LogP contribution in [0.3, 0.4) is 0 Å². The standard InChI is InChI=1S/C11H19N5/c1-8-6-16(2)4-3-9(8)15-11-5-10(12)13-7-14-11/h5,7-9H,3-4,6H2,1-2H3,(H3,12,13,14,15). The second kappa shape index (κ2) is 4.65. The minimum atomic E-state index is 0.477. The zero-order chi connectivity index (χ0) is 11.5. The van der Waals surface area contributed by atoms with E-state index >= 15 is 0 Å². The first-order chi connectivity index (χ1) is 7.65. The van der Waals surface area contributed by atoms with Crippen molar-refractivity contribution in [3.63, 3.8) is 0 Å². The van der Waals surface area contributed by atoms with Crippen LogP contribution in [-0.4, -0.2) is 41.0 Å². The molecule has 0 bridgehead atoms. The van der Waals surface area contributed by atoms with E-state index in [2.05, 4.69) is 34.2 Å². The van der Waals surface area contributed by atoms with Crippen molar-refractivity contribution in [1.82, 2.24) is 14.9 Å². The molecule has 2 atom stereocenters. The average Bonchev–Trinajstić information content (AvgIpc) is 2.22. The van der Waals surface area contributed by atoms with Gasteiger partial charge in [0.25, 0.3) is 0 Å². The summed E-state index contributed by atoms with van der Waals surface area (Å²) in [6, 6.07) is 2.26. The van der Waals surface area contributed by atoms with E-state index < -0.39 is 0 Å². The van der Waals surface area contributed by atoms with Gasteiger partial charge in [-0.05, 0) is 25.9 Å². The highest BCUT2D eigenvalue weighted by molar-refractivity contribution is 5.44. The van der Waals surface area contributed by atoms with Crippen LogP contribution in [0.5, 0.6) is 0 Å². The van der Waals surface area contributed by atoms with Crippen molar-refractivity contribution in [3.8, 4) is 0 Å². The summed E-state index contributed by atoms with van der Waals surface area (Å²) in [6.45, 7) is 4.51. The number of piperidine rings is 1. The molecule has 0 amide bonds. The van der Waals surface area contributed by atoms with E-state index in [1.54, 1.807) is 6.07 Å². The van der Waals surface area contributed by atoms with E-state index in [9.17, 15) is 0 Å². The molecule has 88 valence electrons. The Kier molecular flexibility index (Phi) is 3.24. The summed E-state index contributed by atoms with van der Waals surface area (Å²) in [5, 5.41) is 3.43. The lowest BCUT2D eigenvalue weighted by Crippen LogP contribution is -2.43. The van der Waals surface area contributed by atoms with Crippen LogP contribution in [0.15, 0.2) is 12.4 Å². The van der Waals surface area contributed by atoms with Crippen LogP contribution >= 0.6 is 0 Å².